The van der Waals surface area contributed by atoms with Crippen LogP contribution in [0.4, 0.5) is 22.7 Å². The van der Waals surface area contributed by atoms with Gasteiger partial charge in [0, 0.05) is 22.3 Å². The van der Waals surface area contributed by atoms with E-state index in [2.05, 4.69) is 36.6 Å². The summed E-state index contributed by atoms with van der Waals surface area (Å²) in [5, 5.41) is 13.1. The van der Waals surface area contributed by atoms with Gasteiger partial charge < -0.3 is 10.3 Å². The first-order valence-corrected chi connectivity index (χ1v) is 9.33. The molecule has 2 heterocycles. The summed E-state index contributed by atoms with van der Waals surface area (Å²) in [6.45, 7) is 2.04. The van der Waals surface area contributed by atoms with E-state index < -0.39 is 0 Å². The Balaban J connectivity index is 0.00000218. The van der Waals surface area contributed by atoms with Crippen molar-refractivity contribution in [3.8, 4) is 0 Å². The molecular weight excluding hydrogens is 396 g/mol. The Hall–Kier alpha value is -3.77. The Kier molecular flexibility index (Phi) is 5.41. The lowest BCUT2D eigenvalue weighted by Gasteiger charge is -2.12. The predicted molar refractivity (Wildman–Crippen MR) is 124 cm³/mol. The van der Waals surface area contributed by atoms with Crippen molar-refractivity contribution in [2.24, 2.45) is 10.2 Å². The largest absolute Gasteiger partial charge is 0.358 e. The van der Waals surface area contributed by atoms with Gasteiger partial charge >= 0.3 is 0 Å². The highest BCUT2D eigenvalue weighted by molar-refractivity contribution is 6.10. The highest BCUT2D eigenvalue weighted by atomic mass is 35.5. The van der Waals surface area contributed by atoms with Gasteiger partial charge in [-0.3, -0.25) is 0 Å². The average molecular weight is 415 g/mol. The Morgan fingerprint density at radius 2 is 1.57 bits per heavy atom. The molecule has 7 heteroatoms. The molecule has 2 N–H and O–H groups in total. The molecule has 0 radical (unpaired) electrons. The van der Waals surface area contributed by atoms with Gasteiger partial charge in [0.25, 0.3) is 0 Å². The number of imidazole rings is 1. The van der Waals surface area contributed by atoms with Gasteiger partial charge in [0.15, 0.2) is 0 Å². The Bertz CT molecular complexity index is 1330. The van der Waals surface area contributed by atoms with Gasteiger partial charge in [-0.05, 0) is 61.5 Å². The molecule has 0 spiro atoms. The summed E-state index contributed by atoms with van der Waals surface area (Å²) < 4.78 is 0. The number of azo groups is 1. The Morgan fingerprint density at radius 3 is 2.33 bits per heavy atom. The molecule has 0 aliphatic carbocycles. The van der Waals surface area contributed by atoms with E-state index in [-0.39, 0.29) is 12.4 Å². The van der Waals surface area contributed by atoms with Crippen LogP contribution >= 0.6 is 12.4 Å². The van der Waals surface area contributed by atoms with Crippen molar-refractivity contribution in [2.75, 3.05) is 5.32 Å². The first-order valence-electron chi connectivity index (χ1n) is 9.33. The second-order valence-electron chi connectivity index (χ2n) is 6.80. The number of anilines is 2. The van der Waals surface area contributed by atoms with E-state index in [0.29, 0.717) is 0 Å². The van der Waals surface area contributed by atoms with E-state index in [0.717, 1.165) is 50.4 Å². The van der Waals surface area contributed by atoms with Crippen molar-refractivity contribution in [1.82, 2.24) is 15.0 Å². The molecule has 5 aromatic rings. The maximum Gasteiger partial charge on any atom is 0.116 e. The van der Waals surface area contributed by atoms with Crippen molar-refractivity contribution >= 4 is 57.1 Å². The predicted octanol–water partition coefficient (Wildman–Crippen LogP) is 7.00. The van der Waals surface area contributed by atoms with E-state index in [9.17, 15) is 0 Å². The molecule has 6 nitrogen and oxygen atoms in total. The maximum atomic E-state index is 4.45. The molecule has 0 aliphatic rings. The van der Waals surface area contributed by atoms with Crippen molar-refractivity contribution in [2.45, 2.75) is 6.92 Å². The molecule has 0 amide bonds. The Labute approximate surface area is 179 Å². The van der Waals surface area contributed by atoms with E-state index in [1.54, 1.807) is 6.33 Å². The van der Waals surface area contributed by atoms with Crippen LogP contribution in [0.3, 0.4) is 0 Å². The zero-order chi connectivity index (χ0) is 19.6. The number of hydrogen-bond donors (Lipinski definition) is 2. The van der Waals surface area contributed by atoms with Gasteiger partial charge in [0.2, 0.25) is 0 Å². The summed E-state index contributed by atoms with van der Waals surface area (Å²) in [4.78, 5) is 12.2. The number of rotatable bonds is 4. The van der Waals surface area contributed by atoms with Crippen LogP contribution in [0.25, 0.3) is 21.9 Å². The van der Waals surface area contributed by atoms with Crippen LogP contribution in [0.5, 0.6) is 0 Å². The van der Waals surface area contributed by atoms with E-state index in [1.807, 2.05) is 73.7 Å². The summed E-state index contributed by atoms with van der Waals surface area (Å²) in [6.07, 6.45) is 1.60. The summed E-state index contributed by atoms with van der Waals surface area (Å²) in [5.74, 6) is 0. The van der Waals surface area contributed by atoms with Gasteiger partial charge in [0.1, 0.15) is 11.8 Å². The van der Waals surface area contributed by atoms with Gasteiger partial charge in [0.05, 0.1) is 22.6 Å². The SMILES string of the molecule is Cc1cc(Nc2ccc(N=Nc3ccccc3)cc2)c2c(ccc3ncnc32)[nH]1.Cl. The number of aryl methyl sites for hydroxylation is 1. The normalized spacial score (nSPS) is 11.1. The molecule has 0 saturated carbocycles. The Morgan fingerprint density at radius 1 is 0.833 bits per heavy atom. The molecule has 0 saturated heterocycles. The average Bonchev–Trinajstić information content (AvgIpc) is 3.22. The van der Waals surface area contributed by atoms with Gasteiger partial charge in [-0.2, -0.15) is 10.2 Å². The standard InChI is InChI=1S/C23H18N6.ClH/c1-15-13-21(22-19(26-15)11-12-20-23(22)25-14-24-20)27-16-7-9-18(10-8-16)29-28-17-5-3-2-4-6-17;/h2-14,26-27H,1H3;1H. The molecule has 5 rings (SSSR count). The third kappa shape index (κ3) is 3.86. The number of aromatic amines is 1. The molecule has 0 aliphatic heterocycles. The molecular formula is C23H19ClN6. The van der Waals surface area contributed by atoms with Crippen molar-refractivity contribution < 1.29 is 0 Å². The number of halogens is 1. The highest BCUT2D eigenvalue weighted by Gasteiger charge is 2.10. The van der Waals surface area contributed by atoms with Gasteiger partial charge in [-0.25, -0.2) is 9.97 Å². The fraction of sp³-hybridized carbons (Fsp3) is 0.0435. The van der Waals surface area contributed by atoms with Crippen LogP contribution in [0.15, 0.2) is 89.4 Å². The van der Waals surface area contributed by atoms with Crippen molar-refractivity contribution in [3.63, 3.8) is 0 Å². The topological polar surface area (TPSA) is 78.3 Å². The molecule has 3 aromatic carbocycles. The second-order valence-corrected chi connectivity index (χ2v) is 6.80. The number of nitrogens with zero attached hydrogens (tertiary/aromatic N) is 4. The van der Waals surface area contributed by atoms with E-state index in [1.165, 1.54) is 0 Å². The van der Waals surface area contributed by atoms with Crippen LogP contribution in [0.2, 0.25) is 0 Å². The number of nitrogens with one attached hydrogen (secondary N) is 2. The minimum atomic E-state index is 0. The van der Waals surface area contributed by atoms with Crippen LogP contribution in [-0.2, 0) is 0 Å². The van der Waals surface area contributed by atoms with Crippen LogP contribution < -0.4 is 5.32 Å². The fourth-order valence-electron chi connectivity index (χ4n) is 3.35. The number of fused-ring (bicyclic) bond motifs is 3. The van der Waals surface area contributed by atoms with E-state index >= 15 is 0 Å². The summed E-state index contributed by atoms with van der Waals surface area (Å²) in [6, 6.07) is 23.7. The minimum absolute atomic E-state index is 0. The van der Waals surface area contributed by atoms with Crippen LogP contribution in [-0.4, -0.2) is 15.0 Å². The summed E-state index contributed by atoms with van der Waals surface area (Å²) >= 11 is 0. The number of pyridine rings is 1. The highest BCUT2D eigenvalue weighted by Crippen LogP contribution is 2.32. The van der Waals surface area contributed by atoms with Gasteiger partial charge in [-0.1, -0.05) is 18.2 Å². The minimum Gasteiger partial charge on any atom is -0.358 e. The number of hydrogen-bond acceptors (Lipinski definition) is 5. The fourth-order valence-corrected chi connectivity index (χ4v) is 3.35. The first-order chi connectivity index (χ1) is 14.3. The third-order valence-corrected chi connectivity index (χ3v) is 4.69. The number of benzene rings is 3. The smallest absolute Gasteiger partial charge is 0.116 e. The number of aromatic nitrogens is 3. The number of H-pyrrole nitrogens is 1. The lowest BCUT2D eigenvalue weighted by Crippen LogP contribution is -1.95. The van der Waals surface area contributed by atoms with Crippen molar-refractivity contribution in [1.29, 1.82) is 0 Å². The molecule has 0 unspecified atom stereocenters. The quantitative estimate of drug-likeness (QED) is 0.311. The third-order valence-electron chi connectivity index (χ3n) is 4.69. The summed E-state index contributed by atoms with van der Waals surface area (Å²) in [5.41, 5.74) is 7.43. The van der Waals surface area contributed by atoms with E-state index in [4.69, 9.17) is 0 Å². The molecule has 30 heavy (non-hydrogen) atoms. The molecule has 0 fully saturated rings. The van der Waals surface area contributed by atoms with Gasteiger partial charge in [-0.15, -0.1) is 12.4 Å². The lowest BCUT2D eigenvalue weighted by molar-refractivity contribution is 1.23. The first kappa shape index (κ1) is 19.5. The molecule has 148 valence electrons. The maximum absolute atomic E-state index is 4.45. The second kappa shape index (κ2) is 8.31. The van der Waals surface area contributed by atoms with Crippen LogP contribution in [0, 0.1) is 6.92 Å². The molecule has 0 atom stereocenters. The zero-order valence-corrected chi connectivity index (χ0v) is 17.0. The molecule has 0 bridgehead atoms. The summed E-state index contributed by atoms with van der Waals surface area (Å²) in [7, 11) is 0. The lowest BCUT2D eigenvalue weighted by atomic mass is 10.1. The van der Waals surface area contributed by atoms with Crippen LogP contribution in [0.1, 0.15) is 5.69 Å². The monoisotopic (exact) mass is 414 g/mol. The zero-order valence-electron chi connectivity index (χ0n) is 16.2. The molecule has 2 aromatic heterocycles. The van der Waals surface area contributed by atoms with Crippen molar-refractivity contribution in [3.05, 3.63) is 84.8 Å².